The van der Waals surface area contributed by atoms with Gasteiger partial charge in [0, 0.05) is 30.2 Å². The number of anilines is 1. The predicted octanol–water partition coefficient (Wildman–Crippen LogP) is 2.40. The van der Waals surface area contributed by atoms with Gasteiger partial charge in [-0.1, -0.05) is 6.92 Å². The molecule has 3 rings (SSSR count). The van der Waals surface area contributed by atoms with E-state index in [1.807, 2.05) is 17.5 Å². The van der Waals surface area contributed by atoms with E-state index in [9.17, 15) is 0 Å². The number of morpholine rings is 1. The van der Waals surface area contributed by atoms with Crippen molar-refractivity contribution in [1.82, 2.24) is 10.3 Å². The minimum absolute atomic E-state index is 0.305. The first-order valence-electron chi connectivity index (χ1n) is 7.32. The van der Waals surface area contributed by atoms with Gasteiger partial charge in [-0.2, -0.15) is 0 Å². The van der Waals surface area contributed by atoms with Crippen molar-refractivity contribution in [3.8, 4) is 0 Å². The minimum Gasteiger partial charge on any atom is -0.375 e. The third-order valence-electron chi connectivity index (χ3n) is 3.87. The van der Waals surface area contributed by atoms with Gasteiger partial charge in [-0.25, -0.2) is 4.98 Å². The van der Waals surface area contributed by atoms with Crippen LogP contribution in [0, 0.1) is 0 Å². The van der Waals surface area contributed by atoms with Crippen LogP contribution in [0.2, 0.25) is 0 Å². The van der Waals surface area contributed by atoms with Gasteiger partial charge >= 0.3 is 0 Å². The maximum Gasteiger partial charge on any atom is 0.185 e. The summed E-state index contributed by atoms with van der Waals surface area (Å²) in [5.74, 6) is 0. The Hall–Kier alpha value is -0.650. The van der Waals surface area contributed by atoms with E-state index in [1.54, 1.807) is 0 Å². The maximum atomic E-state index is 5.75. The summed E-state index contributed by atoms with van der Waals surface area (Å²) in [6, 6.07) is 1.24. The first-order chi connectivity index (χ1) is 9.26. The van der Waals surface area contributed by atoms with Gasteiger partial charge in [-0.05, 0) is 26.2 Å². The number of rotatable bonds is 5. The zero-order chi connectivity index (χ0) is 13.2. The minimum atomic E-state index is 0.305. The van der Waals surface area contributed by atoms with E-state index in [0.29, 0.717) is 12.1 Å². The van der Waals surface area contributed by atoms with Crippen molar-refractivity contribution in [2.45, 2.75) is 57.8 Å². The van der Waals surface area contributed by atoms with E-state index >= 15 is 0 Å². The molecule has 1 aromatic rings. The monoisotopic (exact) mass is 281 g/mol. The highest BCUT2D eigenvalue weighted by molar-refractivity contribution is 7.15. The molecule has 1 aliphatic carbocycles. The molecule has 1 N–H and O–H groups in total. The normalized spacial score (nSPS) is 27.8. The van der Waals surface area contributed by atoms with E-state index in [1.165, 1.54) is 17.7 Å². The highest BCUT2D eigenvalue weighted by atomic mass is 32.1. The molecule has 0 amide bonds. The second-order valence-electron chi connectivity index (χ2n) is 5.62. The number of nitrogens with one attached hydrogen (secondary N) is 1. The van der Waals surface area contributed by atoms with E-state index in [0.717, 1.165) is 37.3 Å². The smallest absolute Gasteiger partial charge is 0.185 e. The molecule has 1 saturated heterocycles. The highest BCUT2D eigenvalue weighted by Crippen LogP contribution is 2.28. The van der Waals surface area contributed by atoms with Crippen LogP contribution in [0.1, 0.15) is 38.0 Å². The zero-order valence-corrected chi connectivity index (χ0v) is 12.6. The molecular formula is C14H23N3OS. The Morgan fingerprint density at radius 3 is 3.11 bits per heavy atom. The third-order valence-corrected chi connectivity index (χ3v) is 4.90. The largest absolute Gasteiger partial charge is 0.375 e. The molecule has 5 heteroatoms. The molecule has 2 aliphatic rings. The highest BCUT2D eigenvalue weighted by Gasteiger charge is 2.28. The summed E-state index contributed by atoms with van der Waals surface area (Å²) in [4.78, 5) is 8.39. The lowest BCUT2D eigenvalue weighted by Gasteiger charge is -2.38. The number of ether oxygens (including phenoxy) is 1. The van der Waals surface area contributed by atoms with Crippen molar-refractivity contribution in [3.05, 3.63) is 11.1 Å². The molecule has 2 atom stereocenters. The topological polar surface area (TPSA) is 37.4 Å². The Morgan fingerprint density at radius 1 is 1.53 bits per heavy atom. The summed E-state index contributed by atoms with van der Waals surface area (Å²) in [5.41, 5.74) is 0. The molecule has 1 aromatic heterocycles. The van der Waals surface area contributed by atoms with Crippen molar-refractivity contribution in [2.75, 3.05) is 18.1 Å². The molecule has 106 valence electrons. The lowest BCUT2D eigenvalue weighted by molar-refractivity contribution is 0.0299. The molecule has 1 saturated carbocycles. The fourth-order valence-corrected chi connectivity index (χ4v) is 3.40. The number of hydrogen-bond donors (Lipinski definition) is 1. The lowest BCUT2D eigenvalue weighted by Crippen LogP contribution is -2.48. The van der Waals surface area contributed by atoms with Crippen LogP contribution in [0.3, 0.4) is 0 Å². The molecule has 1 aliphatic heterocycles. The number of thiazole rings is 1. The van der Waals surface area contributed by atoms with Crippen molar-refractivity contribution in [3.63, 3.8) is 0 Å². The molecular weight excluding hydrogens is 258 g/mol. The Morgan fingerprint density at radius 2 is 2.37 bits per heavy atom. The second-order valence-corrected chi connectivity index (χ2v) is 6.72. The zero-order valence-electron chi connectivity index (χ0n) is 11.8. The van der Waals surface area contributed by atoms with Crippen LogP contribution >= 0.6 is 11.3 Å². The van der Waals surface area contributed by atoms with Crippen LogP contribution in [-0.4, -0.2) is 36.3 Å². The average molecular weight is 281 g/mol. The molecule has 0 spiro atoms. The summed E-state index contributed by atoms with van der Waals surface area (Å²) in [5, 5.41) is 4.71. The van der Waals surface area contributed by atoms with Gasteiger partial charge in [0.2, 0.25) is 0 Å². The molecule has 2 fully saturated rings. The molecule has 0 radical (unpaired) electrons. The van der Waals surface area contributed by atoms with E-state index in [2.05, 4.69) is 29.0 Å². The molecule has 4 nitrogen and oxygen atoms in total. The van der Waals surface area contributed by atoms with Gasteiger partial charge in [-0.3, -0.25) is 0 Å². The van der Waals surface area contributed by atoms with Gasteiger partial charge < -0.3 is 15.0 Å². The third kappa shape index (κ3) is 3.27. The number of nitrogens with zero attached hydrogens (tertiary/aromatic N) is 2. The SMILES string of the molecule is CCC1COC(C)CN1c1ncc(CNC2CC2)s1. The Bertz CT molecular complexity index is 419. The Kier molecular flexibility index (Phi) is 4.05. The maximum absolute atomic E-state index is 5.75. The quantitative estimate of drug-likeness (QED) is 0.899. The van der Waals surface area contributed by atoms with Crippen molar-refractivity contribution in [1.29, 1.82) is 0 Å². The predicted molar refractivity (Wildman–Crippen MR) is 78.8 cm³/mol. The van der Waals surface area contributed by atoms with E-state index in [-0.39, 0.29) is 0 Å². The number of hydrogen-bond acceptors (Lipinski definition) is 5. The van der Waals surface area contributed by atoms with Crippen LogP contribution in [0.15, 0.2) is 6.20 Å². The first kappa shape index (κ1) is 13.3. The van der Waals surface area contributed by atoms with Gasteiger partial charge in [0.05, 0.1) is 18.8 Å². The lowest BCUT2D eigenvalue weighted by atomic mass is 10.1. The Balaban J connectivity index is 1.65. The molecule has 2 heterocycles. The van der Waals surface area contributed by atoms with Crippen molar-refractivity contribution >= 4 is 16.5 Å². The standard InChI is InChI=1S/C14H23N3OS/c1-3-12-9-18-10(2)8-17(12)14-16-7-13(19-14)6-15-11-4-5-11/h7,10-12,15H,3-6,8-9H2,1-2H3. The van der Waals surface area contributed by atoms with E-state index < -0.39 is 0 Å². The van der Waals surface area contributed by atoms with Gasteiger partial charge in [0.25, 0.3) is 0 Å². The van der Waals surface area contributed by atoms with Gasteiger partial charge in [0.1, 0.15) is 0 Å². The molecule has 19 heavy (non-hydrogen) atoms. The Labute approximate surface area is 119 Å². The van der Waals surface area contributed by atoms with Crippen LogP contribution in [0.25, 0.3) is 0 Å². The summed E-state index contributed by atoms with van der Waals surface area (Å²) >= 11 is 1.83. The summed E-state index contributed by atoms with van der Waals surface area (Å²) in [7, 11) is 0. The van der Waals surface area contributed by atoms with Crippen molar-refractivity contribution in [2.24, 2.45) is 0 Å². The summed E-state index contributed by atoms with van der Waals surface area (Å²) in [6.07, 6.45) is 6.12. The fourth-order valence-electron chi connectivity index (χ4n) is 2.46. The van der Waals surface area contributed by atoms with Crippen LogP contribution < -0.4 is 10.2 Å². The van der Waals surface area contributed by atoms with Crippen LogP contribution in [-0.2, 0) is 11.3 Å². The van der Waals surface area contributed by atoms with Crippen LogP contribution in [0.5, 0.6) is 0 Å². The number of aromatic nitrogens is 1. The van der Waals surface area contributed by atoms with Gasteiger partial charge in [-0.15, -0.1) is 11.3 Å². The molecule has 2 unspecified atom stereocenters. The molecule has 0 bridgehead atoms. The average Bonchev–Trinajstić information content (AvgIpc) is 3.13. The first-order valence-corrected chi connectivity index (χ1v) is 8.14. The van der Waals surface area contributed by atoms with Crippen molar-refractivity contribution < 1.29 is 4.74 Å². The summed E-state index contributed by atoms with van der Waals surface area (Å²) in [6.45, 7) is 7.12. The van der Waals surface area contributed by atoms with Crippen LogP contribution in [0.4, 0.5) is 5.13 Å². The summed E-state index contributed by atoms with van der Waals surface area (Å²) < 4.78 is 5.75. The van der Waals surface area contributed by atoms with Gasteiger partial charge in [0.15, 0.2) is 5.13 Å². The molecule has 0 aromatic carbocycles. The van der Waals surface area contributed by atoms with E-state index in [4.69, 9.17) is 4.74 Å². The fraction of sp³-hybridized carbons (Fsp3) is 0.786. The second kappa shape index (κ2) is 5.77.